The number of ether oxygens (including phenoxy) is 2. The van der Waals surface area contributed by atoms with Crippen LogP contribution in [0, 0.1) is 6.92 Å². The number of likely N-dealkylation sites (tertiary alicyclic amines) is 1. The lowest BCUT2D eigenvalue weighted by Crippen LogP contribution is -2.29. The summed E-state index contributed by atoms with van der Waals surface area (Å²) in [4.78, 5) is 32.2. The molecule has 1 unspecified atom stereocenters. The summed E-state index contributed by atoms with van der Waals surface area (Å²) in [7, 11) is 0. The first-order valence-corrected chi connectivity index (χ1v) is 12.1. The molecule has 8 nitrogen and oxygen atoms in total. The summed E-state index contributed by atoms with van der Waals surface area (Å²) in [5.41, 5.74) is 2.31. The first-order valence-electron chi connectivity index (χ1n) is 12.1. The Labute approximate surface area is 215 Å². The molecule has 1 amide bonds. The lowest BCUT2D eigenvalue weighted by molar-refractivity contribution is -0.140. The van der Waals surface area contributed by atoms with Gasteiger partial charge in [-0.2, -0.15) is 0 Å². The number of pyridine rings is 1. The Bertz CT molecular complexity index is 1350. The average Bonchev–Trinajstić information content (AvgIpc) is 3.10. The van der Waals surface area contributed by atoms with Crippen molar-refractivity contribution in [3.63, 3.8) is 0 Å². The summed E-state index contributed by atoms with van der Waals surface area (Å²) >= 11 is 0. The number of carbonyl (C=O) groups excluding carboxylic acids is 2. The van der Waals surface area contributed by atoms with E-state index in [2.05, 4.69) is 4.98 Å². The van der Waals surface area contributed by atoms with E-state index in [0.29, 0.717) is 29.0 Å². The normalized spacial score (nSPS) is 16.9. The number of aromatic nitrogens is 1. The van der Waals surface area contributed by atoms with E-state index in [4.69, 9.17) is 9.47 Å². The van der Waals surface area contributed by atoms with Crippen molar-refractivity contribution in [3.8, 4) is 17.2 Å². The maximum atomic E-state index is 13.4. The van der Waals surface area contributed by atoms with E-state index >= 15 is 0 Å². The molecule has 0 radical (unpaired) electrons. The van der Waals surface area contributed by atoms with Crippen LogP contribution in [0.15, 0.2) is 66.5 Å². The first kappa shape index (κ1) is 25.8. The molecule has 192 valence electrons. The summed E-state index contributed by atoms with van der Waals surface area (Å²) < 4.78 is 11.3. The SMILES string of the molecule is CCOc1cc(C2/C(=C(/O)c3ccc(OC(C)C)cc3C)C(=O)C(=O)N2Cc2cccnc2)ccc1O. The summed E-state index contributed by atoms with van der Waals surface area (Å²) in [6, 6.07) is 12.5. The van der Waals surface area contributed by atoms with Crippen molar-refractivity contribution in [2.24, 2.45) is 0 Å². The maximum Gasteiger partial charge on any atom is 0.295 e. The summed E-state index contributed by atoms with van der Waals surface area (Å²) in [6.07, 6.45) is 3.22. The number of aromatic hydroxyl groups is 1. The van der Waals surface area contributed by atoms with Gasteiger partial charge >= 0.3 is 0 Å². The summed E-state index contributed by atoms with van der Waals surface area (Å²) in [5, 5.41) is 21.7. The van der Waals surface area contributed by atoms with Crippen LogP contribution in [-0.4, -0.2) is 44.5 Å². The molecule has 1 aliphatic heterocycles. The third kappa shape index (κ3) is 5.28. The molecule has 37 heavy (non-hydrogen) atoms. The molecule has 0 aliphatic carbocycles. The minimum Gasteiger partial charge on any atom is -0.507 e. The highest BCUT2D eigenvalue weighted by Gasteiger charge is 2.46. The fourth-order valence-corrected chi connectivity index (χ4v) is 4.44. The smallest absolute Gasteiger partial charge is 0.295 e. The molecule has 0 bridgehead atoms. The standard InChI is InChI=1S/C29H30N2O6/c1-5-36-24-14-20(8-11-23(24)32)26-25(27(33)22-10-9-21(13-18(22)4)37-17(2)3)28(34)29(35)31(26)16-19-7-6-12-30-15-19/h6-15,17,26,32-33H,5,16H2,1-4H3/b27-25-. The van der Waals surface area contributed by atoms with Gasteiger partial charge in [-0.05, 0) is 80.8 Å². The molecule has 1 aromatic heterocycles. The van der Waals surface area contributed by atoms with E-state index in [-0.39, 0.29) is 35.5 Å². The largest absolute Gasteiger partial charge is 0.507 e. The van der Waals surface area contributed by atoms with Gasteiger partial charge in [-0.25, -0.2) is 0 Å². The van der Waals surface area contributed by atoms with Gasteiger partial charge in [0.15, 0.2) is 11.5 Å². The zero-order valence-corrected chi connectivity index (χ0v) is 21.3. The summed E-state index contributed by atoms with van der Waals surface area (Å²) in [6.45, 7) is 7.84. The van der Waals surface area contributed by atoms with Gasteiger partial charge in [-0.1, -0.05) is 12.1 Å². The van der Waals surface area contributed by atoms with E-state index in [1.54, 1.807) is 62.6 Å². The van der Waals surface area contributed by atoms with Gasteiger partial charge in [0.25, 0.3) is 11.7 Å². The van der Waals surface area contributed by atoms with Gasteiger partial charge in [0.2, 0.25) is 0 Å². The van der Waals surface area contributed by atoms with E-state index in [9.17, 15) is 19.8 Å². The molecule has 2 aromatic carbocycles. The molecule has 8 heteroatoms. The van der Waals surface area contributed by atoms with Crippen molar-refractivity contribution < 1.29 is 29.3 Å². The fourth-order valence-electron chi connectivity index (χ4n) is 4.44. The maximum absolute atomic E-state index is 13.4. The number of hydrogen-bond acceptors (Lipinski definition) is 7. The Morgan fingerprint density at radius 2 is 1.92 bits per heavy atom. The van der Waals surface area contributed by atoms with Crippen LogP contribution in [0.2, 0.25) is 0 Å². The highest BCUT2D eigenvalue weighted by atomic mass is 16.5. The lowest BCUT2D eigenvalue weighted by atomic mass is 9.93. The quantitative estimate of drug-likeness (QED) is 0.256. The highest BCUT2D eigenvalue weighted by molar-refractivity contribution is 6.46. The Hall–Kier alpha value is -4.33. The number of aryl methyl sites for hydroxylation is 1. The molecule has 0 saturated carbocycles. The molecule has 1 fully saturated rings. The van der Waals surface area contributed by atoms with Crippen LogP contribution in [-0.2, 0) is 16.1 Å². The van der Waals surface area contributed by atoms with Gasteiger partial charge in [-0.3, -0.25) is 14.6 Å². The first-order chi connectivity index (χ1) is 17.7. The third-order valence-electron chi connectivity index (χ3n) is 6.04. The number of benzene rings is 2. The van der Waals surface area contributed by atoms with Crippen LogP contribution in [0.25, 0.3) is 5.76 Å². The number of hydrogen-bond donors (Lipinski definition) is 2. The molecule has 1 atom stereocenters. The third-order valence-corrected chi connectivity index (χ3v) is 6.04. The molecule has 2 heterocycles. The van der Waals surface area contributed by atoms with E-state index < -0.39 is 17.7 Å². The number of aliphatic hydroxyl groups is 1. The van der Waals surface area contributed by atoms with Crippen molar-refractivity contribution in [2.45, 2.75) is 46.4 Å². The topological polar surface area (TPSA) is 109 Å². The molecule has 3 aromatic rings. The Morgan fingerprint density at radius 1 is 1.14 bits per heavy atom. The Kier molecular flexibility index (Phi) is 7.47. The number of amides is 1. The molecular formula is C29H30N2O6. The number of rotatable bonds is 8. The van der Waals surface area contributed by atoms with Crippen molar-refractivity contribution in [1.82, 2.24) is 9.88 Å². The molecule has 2 N–H and O–H groups in total. The van der Waals surface area contributed by atoms with Crippen molar-refractivity contribution >= 4 is 17.4 Å². The minimum absolute atomic E-state index is 0.0225. The molecule has 1 saturated heterocycles. The second kappa shape index (κ2) is 10.7. The highest BCUT2D eigenvalue weighted by Crippen LogP contribution is 2.43. The van der Waals surface area contributed by atoms with Crippen molar-refractivity contribution in [1.29, 1.82) is 0 Å². The second-order valence-corrected chi connectivity index (χ2v) is 9.09. The van der Waals surface area contributed by atoms with Gasteiger partial charge in [0.1, 0.15) is 11.5 Å². The average molecular weight is 503 g/mol. The van der Waals surface area contributed by atoms with Gasteiger partial charge in [0, 0.05) is 24.5 Å². The van der Waals surface area contributed by atoms with Crippen LogP contribution in [0.3, 0.4) is 0 Å². The van der Waals surface area contributed by atoms with Crippen LogP contribution in [0.4, 0.5) is 0 Å². The van der Waals surface area contributed by atoms with Crippen LogP contribution in [0.1, 0.15) is 49.1 Å². The number of Topliss-reactive ketones (excluding diaryl/α,β-unsaturated/α-hetero) is 1. The predicted molar refractivity (Wildman–Crippen MR) is 138 cm³/mol. The van der Waals surface area contributed by atoms with E-state index in [0.717, 1.165) is 5.56 Å². The van der Waals surface area contributed by atoms with Gasteiger partial charge < -0.3 is 24.6 Å². The number of ketones is 1. The van der Waals surface area contributed by atoms with Crippen LogP contribution in [0.5, 0.6) is 17.2 Å². The molecule has 4 rings (SSSR count). The van der Waals surface area contributed by atoms with Crippen LogP contribution < -0.4 is 9.47 Å². The van der Waals surface area contributed by atoms with Gasteiger partial charge in [-0.15, -0.1) is 0 Å². The zero-order valence-electron chi connectivity index (χ0n) is 21.3. The van der Waals surface area contributed by atoms with Gasteiger partial charge in [0.05, 0.1) is 24.3 Å². The van der Waals surface area contributed by atoms with Crippen molar-refractivity contribution in [3.05, 3.63) is 88.8 Å². The van der Waals surface area contributed by atoms with Crippen LogP contribution >= 0.6 is 0 Å². The number of phenols is 1. The Morgan fingerprint density at radius 3 is 2.57 bits per heavy atom. The number of phenolic OH excluding ortho intramolecular Hbond substituents is 1. The van der Waals surface area contributed by atoms with E-state index in [1.807, 2.05) is 19.9 Å². The van der Waals surface area contributed by atoms with E-state index in [1.165, 1.54) is 11.0 Å². The molecular weight excluding hydrogens is 472 g/mol. The monoisotopic (exact) mass is 502 g/mol. The molecule has 1 aliphatic rings. The Balaban J connectivity index is 1.87. The summed E-state index contributed by atoms with van der Waals surface area (Å²) in [5.74, 6) is -1.02. The number of nitrogens with zero attached hydrogens (tertiary/aromatic N) is 2. The number of aliphatic hydroxyl groups excluding tert-OH is 1. The lowest BCUT2D eigenvalue weighted by Gasteiger charge is -2.26. The molecule has 0 spiro atoms. The number of carbonyl (C=O) groups is 2. The predicted octanol–water partition coefficient (Wildman–Crippen LogP) is 4.90. The zero-order chi connectivity index (χ0) is 26.7. The second-order valence-electron chi connectivity index (χ2n) is 9.09. The minimum atomic E-state index is -0.911. The van der Waals surface area contributed by atoms with Crippen molar-refractivity contribution in [2.75, 3.05) is 6.61 Å². The fraction of sp³-hybridized carbons (Fsp3) is 0.276.